The SMILES string of the molecule is O=S(O)C(F)(F)C(F)(C(F)(F)F)C(F)(F)F. The molecule has 0 radical (unpaired) electrons. The van der Waals surface area contributed by atoms with E-state index < -0.39 is 34.4 Å². The number of hydrogen-bond acceptors (Lipinski definition) is 1. The molecule has 1 unspecified atom stereocenters. The molecule has 16 heavy (non-hydrogen) atoms. The summed E-state index contributed by atoms with van der Waals surface area (Å²) in [5.41, 5.74) is -7.09. The van der Waals surface area contributed by atoms with E-state index in [1.807, 2.05) is 0 Å². The summed E-state index contributed by atoms with van der Waals surface area (Å²) in [5, 5.41) is -6.57. The van der Waals surface area contributed by atoms with Gasteiger partial charge in [0.05, 0.1) is 0 Å². The Balaban J connectivity index is 5.91. The molecule has 0 rings (SSSR count). The third-order valence-corrected chi connectivity index (χ3v) is 2.12. The molecule has 0 amide bonds. The Morgan fingerprint density at radius 3 is 1.06 bits per heavy atom. The fourth-order valence-electron chi connectivity index (χ4n) is 0.611. The van der Waals surface area contributed by atoms with Gasteiger partial charge in [-0.3, -0.25) is 0 Å². The van der Waals surface area contributed by atoms with Crippen molar-refractivity contribution in [3.8, 4) is 0 Å². The highest BCUT2D eigenvalue weighted by atomic mass is 32.2. The zero-order chi connectivity index (χ0) is 13.6. The summed E-state index contributed by atoms with van der Waals surface area (Å²) < 4.78 is 124. The summed E-state index contributed by atoms with van der Waals surface area (Å²) >= 11 is -4.99. The van der Waals surface area contributed by atoms with Gasteiger partial charge in [0.1, 0.15) is 0 Å². The van der Waals surface area contributed by atoms with Crippen LogP contribution in [0.25, 0.3) is 0 Å². The van der Waals surface area contributed by atoms with Gasteiger partial charge in [0.25, 0.3) is 0 Å². The van der Waals surface area contributed by atoms with Crippen molar-refractivity contribution in [1.29, 1.82) is 0 Å². The topological polar surface area (TPSA) is 37.3 Å². The lowest BCUT2D eigenvalue weighted by molar-refractivity contribution is -0.379. The van der Waals surface area contributed by atoms with Crippen LogP contribution >= 0.6 is 0 Å². The molecule has 0 aliphatic rings. The van der Waals surface area contributed by atoms with Crippen LogP contribution in [0.4, 0.5) is 39.5 Å². The molecular weight excluding hydrogens is 283 g/mol. The summed E-state index contributed by atoms with van der Waals surface area (Å²) in [5.74, 6) is 0. The van der Waals surface area contributed by atoms with Crippen molar-refractivity contribution in [1.82, 2.24) is 0 Å². The zero-order valence-electron chi connectivity index (χ0n) is 6.67. The standard InChI is InChI=1S/C4HF9O2S/c5-1(2(6,7)8,3(9,10)11)4(12,13)16(14)15/h(H,14,15). The average Bonchev–Trinajstić information content (AvgIpc) is 1.97. The van der Waals surface area contributed by atoms with E-state index in [0.717, 1.165) is 0 Å². The molecular formula is C4HF9O2S. The van der Waals surface area contributed by atoms with Gasteiger partial charge >= 0.3 is 23.3 Å². The highest BCUT2D eigenvalue weighted by molar-refractivity contribution is 7.80. The van der Waals surface area contributed by atoms with Crippen molar-refractivity contribution in [3.63, 3.8) is 0 Å². The summed E-state index contributed by atoms with van der Waals surface area (Å²) in [7, 11) is 0. The number of hydrogen-bond donors (Lipinski definition) is 1. The van der Waals surface area contributed by atoms with E-state index in [1.165, 1.54) is 0 Å². The third kappa shape index (κ3) is 1.99. The Kier molecular flexibility index (Phi) is 3.63. The molecule has 12 heteroatoms. The summed E-state index contributed by atoms with van der Waals surface area (Å²) in [6.07, 6.45) is -14.2. The first kappa shape index (κ1) is 15.5. The maximum Gasteiger partial charge on any atom is 0.438 e. The molecule has 0 saturated carbocycles. The number of rotatable bonds is 2. The van der Waals surface area contributed by atoms with Crippen LogP contribution in [-0.2, 0) is 11.1 Å². The molecule has 1 N–H and O–H groups in total. The minimum absolute atomic E-state index is 4.99. The van der Waals surface area contributed by atoms with Gasteiger partial charge < -0.3 is 4.55 Å². The molecule has 0 fully saturated rings. The fraction of sp³-hybridized carbons (Fsp3) is 1.00. The zero-order valence-corrected chi connectivity index (χ0v) is 7.48. The van der Waals surface area contributed by atoms with Gasteiger partial charge in [-0.2, -0.15) is 35.1 Å². The second kappa shape index (κ2) is 3.75. The van der Waals surface area contributed by atoms with E-state index in [1.54, 1.807) is 0 Å². The first-order valence-electron chi connectivity index (χ1n) is 3.00. The van der Waals surface area contributed by atoms with Crippen LogP contribution in [0.15, 0.2) is 0 Å². The monoisotopic (exact) mass is 284 g/mol. The normalized spacial score (nSPS) is 17.4. The Hall–Kier alpha value is -0.520. The molecule has 0 bridgehead atoms. The first-order valence-corrected chi connectivity index (χ1v) is 4.11. The third-order valence-electron chi connectivity index (χ3n) is 1.40. The van der Waals surface area contributed by atoms with Crippen LogP contribution in [0.1, 0.15) is 0 Å². The van der Waals surface area contributed by atoms with Crippen molar-refractivity contribution in [3.05, 3.63) is 0 Å². The van der Waals surface area contributed by atoms with E-state index in [9.17, 15) is 43.7 Å². The average molecular weight is 284 g/mol. The molecule has 0 aromatic rings. The first-order chi connectivity index (χ1) is 6.69. The summed E-state index contributed by atoms with van der Waals surface area (Å²) in [6, 6.07) is 0. The Morgan fingerprint density at radius 2 is 1.00 bits per heavy atom. The number of halogens is 9. The lowest BCUT2D eigenvalue weighted by Crippen LogP contribution is -2.65. The Morgan fingerprint density at radius 1 is 0.750 bits per heavy atom. The maximum absolute atomic E-state index is 12.5. The van der Waals surface area contributed by atoms with Crippen LogP contribution < -0.4 is 0 Å². The van der Waals surface area contributed by atoms with Gasteiger partial charge in [0, 0.05) is 0 Å². The molecule has 0 spiro atoms. The fourth-order valence-corrected chi connectivity index (χ4v) is 1.08. The minimum atomic E-state index is -7.09. The van der Waals surface area contributed by atoms with Crippen molar-refractivity contribution in [2.75, 3.05) is 0 Å². The smallest absolute Gasteiger partial charge is 0.301 e. The molecule has 2 nitrogen and oxygen atoms in total. The van der Waals surface area contributed by atoms with Crippen LogP contribution in [-0.4, -0.2) is 32.0 Å². The van der Waals surface area contributed by atoms with Gasteiger partial charge in [0.15, 0.2) is 0 Å². The van der Waals surface area contributed by atoms with Gasteiger partial charge in [-0.1, -0.05) is 0 Å². The van der Waals surface area contributed by atoms with Gasteiger partial charge in [0.2, 0.25) is 11.1 Å². The summed E-state index contributed by atoms with van der Waals surface area (Å²) in [6.45, 7) is 0. The van der Waals surface area contributed by atoms with Crippen LogP contribution in [0.3, 0.4) is 0 Å². The second-order valence-electron chi connectivity index (χ2n) is 2.42. The van der Waals surface area contributed by atoms with Crippen LogP contribution in [0, 0.1) is 0 Å². The van der Waals surface area contributed by atoms with E-state index >= 15 is 0 Å². The highest BCUT2D eigenvalue weighted by Gasteiger charge is 2.86. The van der Waals surface area contributed by atoms with E-state index in [-0.39, 0.29) is 0 Å². The van der Waals surface area contributed by atoms with E-state index in [0.29, 0.717) is 0 Å². The predicted molar refractivity (Wildman–Crippen MR) is 31.7 cm³/mol. The van der Waals surface area contributed by atoms with Crippen molar-refractivity contribution >= 4 is 11.1 Å². The van der Waals surface area contributed by atoms with Crippen molar-refractivity contribution in [2.45, 2.75) is 23.3 Å². The van der Waals surface area contributed by atoms with Crippen LogP contribution in [0.5, 0.6) is 0 Å². The second-order valence-corrected chi connectivity index (χ2v) is 3.43. The van der Waals surface area contributed by atoms with E-state index in [4.69, 9.17) is 4.55 Å². The van der Waals surface area contributed by atoms with Gasteiger partial charge in [-0.15, -0.1) is 0 Å². The lowest BCUT2D eigenvalue weighted by atomic mass is 10.1. The van der Waals surface area contributed by atoms with Crippen molar-refractivity contribution < 1.29 is 48.3 Å². The maximum atomic E-state index is 12.5. The largest absolute Gasteiger partial charge is 0.438 e. The van der Waals surface area contributed by atoms with Crippen molar-refractivity contribution in [2.24, 2.45) is 0 Å². The van der Waals surface area contributed by atoms with Crippen LogP contribution in [0.2, 0.25) is 0 Å². The molecule has 0 aliphatic heterocycles. The molecule has 1 atom stereocenters. The molecule has 0 aliphatic carbocycles. The molecule has 0 aromatic heterocycles. The van der Waals surface area contributed by atoms with Gasteiger partial charge in [-0.25, -0.2) is 8.60 Å². The van der Waals surface area contributed by atoms with Gasteiger partial charge in [-0.05, 0) is 0 Å². The summed E-state index contributed by atoms with van der Waals surface area (Å²) in [4.78, 5) is 0. The molecule has 0 saturated heterocycles. The molecule has 0 aromatic carbocycles. The molecule has 98 valence electrons. The van der Waals surface area contributed by atoms with E-state index in [2.05, 4.69) is 0 Å². The predicted octanol–water partition coefficient (Wildman–Crippen LogP) is 2.63. The lowest BCUT2D eigenvalue weighted by Gasteiger charge is -2.33. The molecule has 0 heterocycles. The Bertz CT molecular complexity index is 277. The highest BCUT2D eigenvalue weighted by Crippen LogP contribution is 2.55. The minimum Gasteiger partial charge on any atom is -0.301 e. The quantitative estimate of drug-likeness (QED) is 0.625. The number of alkyl halides is 9. The Labute approximate surface area is 83.7 Å².